The number of aliphatic hydroxyl groups excluding tert-OH is 1. The molecule has 1 unspecified atom stereocenters. The fourth-order valence-electron chi connectivity index (χ4n) is 1.26. The van der Waals surface area contributed by atoms with Gasteiger partial charge in [0.05, 0.1) is 14.2 Å². The molecule has 84 valence electrons. The molecular formula is C11H16O4. The predicted octanol–water partition coefficient (Wildman–Crippen LogP) is 1.73. The van der Waals surface area contributed by atoms with Gasteiger partial charge in [0.25, 0.3) is 0 Å². The zero-order valence-electron chi connectivity index (χ0n) is 9.19. The van der Waals surface area contributed by atoms with Crippen LogP contribution in [0.25, 0.3) is 0 Å². The maximum absolute atomic E-state index is 9.59. The van der Waals surface area contributed by atoms with Gasteiger partial charge in [-0.15, -0.1) is 0 Å². The van der Waals surface area contributed by atoms with Crippen molar-refractivity contribution in [2.75, 3.05) is 20.8 Å². The summed E-state index contributed by atoms with van der Waals surface area (Å²) in [7, 11) is 3.12. The standard InChI is InChI=1S/C11H16O4/c1-4-15-11(12)8-5-6-9(13-2)10(7-8)14-3/h5-7,11-12H,4H2,1-3H3. The van der Waals surface area contributed by atoms with Gasteiger partial charge in [0.2, 0.25) is 0 Å². The highest BCUT2D eigenvalue weighted by Crippen LogP contribution is 2.30. The minimum atomic E-state index is -0.921. The van der Waals surface area contributed by atoms with E-state index in [1.165, 1.54) is 0 Å². The van der Waals surface area contributed by atoms with Gasteiger partial charge in [0.15, 0.2) is 17.8 Å². The first-order valence-corrected chi connectivity index (χ1v) is 4.74. The molecule has 4 heteroatoms. The van der Waals surface area contributed by atoms with Crippen molar-refractivity contribution in [2.45, 2.75) is 13.2 Å². The molecule has 0 aromatic heterocycles. The summed E-state index contributed by atoms with van der Waals surface area (Å²) in [5.41, 5.74) is 0.648. The molecule has 0 saturated carbocycles. The molecule has 0 saturated heterocycles. The molecule has 0 spiro atoms. The number of hydrogen-bond acceptors (Lipinski definition) is 4. The van der Waals surface area contributed by atoms with Gasteiger partial charge in [-0.2, -0.15) is 0 Å². The molecule has 1 aromatic rings. The van der Waals surface area contributed by atoms with Crippen molar-refractivity contribution >= 4 is 0 Å². The maximum atomic E-state index is 9.59. The molecule has 0 aliphatic heterocycles. The van der Waals surface area contributed by atoms with E-state index in [4.69, 9.17) is 14.2 Å². The lowest BCUT2D eigenvalue weighted by atomic mass is 10.2. The average Bonchev–Trinajstić information content (AvgIpc) is 2.28. The SMILES string of the molecule is CCOC(O)c1ccc(OC)c(OC)c1. The van der Waals surface area contributed by atoms with Crippen molar-refractivity contribution < 1.29 is 19.3 Å². The molecule has 0 radical (unpaired) electrons. The van der Waals surface area contributed by atoms with Gasteiger partial charge < -0.3 is 19.3 Å². The highest BCUT2D eigenvalue weighted by Gasteiger charge is 2.10. The zero-order chi connectivity index (χ0) is 11.3. The molecule has 0 aliphatic carbocycles. The summed E-state index contributed by atoms with van der Waals surface area (Å²) in [6.45, 7) is 2.28. The second kappa shape index (κ2) is 5.58. The van der Waals surface area contributed by atoms with Gasteiger partial charge in [0, 0.05) is 12.2 Å². The molecular weight excluding hydrogens is 196 g/mol. The summed E-state index contributed by atoms with van der Waals surface area (Å²) in [5.74, 6) is 1.21. The normalized spacial score (nSPS) is 12.3. The van der Waals surface area contributed by atoms with E-state index in [1.54, 1.807) is 32.4 Å². The molecule has 1 atom stereocenters. The Morgan fingerprint density at radius 1 is 1.20 bits per heavy atom. The summed E-state index contributed by atoms with van der Waals surface area (Å²) >= 11 is 0. The van der Waals surface area contributed by atoms with E-state index in [0.29, 0.717) is 23.7 Å². The minimum Gasteiger partial charge on any atom is -0.493 e. The number of aliphatic hydroxyl groups is 1. The van der Waals surface area contributed by atoms with Crippen LogP contribution in [0.2, 0.25) is 0 Å². The summed E-state index contributed by atoms with van der Waals surface area (Å²) in [6, 6.07) is 5.16. The topological polar surface area (TPSA) is 47.9 Å². The Hall–Kier alpha value is -1.26. The van der Waals surface area contributed by atoms with Crippen LogP contribution in [-0.4, -0.2) is 25.9 Å². The largest absolute Gasteiger partial charge is 0.493 e. The van der Waals surface area contributed by atoms with Crippen LogP contribution in [0.1, 0.15) is 18.8 Å². The van der Waals surface area contributed by atoms with Crippen LogP contribution < -0.4 is 9.47 Å². The van der Waals surface area contributed by atoms with E-state index < -0.39 is 6.29 Å². The lowest BCUT2D eigenvalue weighted by molar-refractivity contribution is -0.0980. The van der Waals surface area contributed by atoms with E-state index >= 15 is 0 Å². The monoisotopic (exact) mass is 212 g/mol. The summed E-state index contributed by atoms with van der Waals surface area (Å²) < 4.78 is 15.3. The van der Waals surface area contributed by atoms with Crippen LogP contribution in [0.15, 0.2) is 18.2 Å². The Labute approximate surface area is 89.4 Å². The lowest BCUT2D eigenvalue weighted by Crippen LogP contribution is -2.03. The van der Waals surface area contributed by atoms with Gasteiger partial charge in [-0.1, -0.05) is 6.07 Å². The molecule has 0 amide bonds. The number of methoxy groups -OCH3 is 2. The van der Waals surface area contributed by atoms with Gasteiger partial charge >= 0.3 is 0 Å². The molecule has 4 nitrogen and oxygen atoms in total. The van der Waals surface area contributed by atoms with E-state index in [-0.39, 0.29) is 0 Å². The first kappa shape index (κ1) is 11.8. The number of benzene rings is 1. The number of hydrogen-bond donors (Lipinski definition) is 1. The molecule has 15 heavy (non-hydrogen) atoms. The fourth-order valence-corrected chi connectivity index (χ4v) is 1.26. The van der Waals surface area contributed by atoms with Crippen LogP contribution >= 0.6 is 0 Å². The fraction of sp³-hybridized carbons (Fsp3) is 0.455. The Morgan fingerprint density at radius 3 is 2.40 bits per heavy atom. The highest BCUT2D eigenvalue weighted by molar-refractivity contribution is 5.43. The second-order valence-corrected chi connectivity index (χ2v) is 2.92. The highest BCUT2D eigenvalue weighted by atomic mass is 16.6. The molecule has 0 bridgehead atoms. The van der Waals surface area contributed by atoms with Crippen molar-refractivity contribution in [1.29, 1.82) is 0 Å². The minimum absolute atomic E-state index is 0.454. The molecule has 1 N–H and O–H groups in total. The van der Waals surface area contributed by atoms with Crippen molar-refractivity contribution in [2.24, 2.45) is 0 Å². The number of rotatable bonds is 5. The van der Waals surface area contributed by atoms with E-state index in [1.807, 2.05) is 6.92 Å². The van der Waals surface area contributed by atoms with Gasteiger partial charge in [0.1, 0.15) is 0 Å². The summed E-state index contributed by atoms with van der Waals surface area (Å²) in [5, 5.41) is 9.59. The van der Waals surface area contributed by atoms with Crippen LogP contribution in [0.3, 0.4) is 0 Å². The van der Waals surface area contributed by atoms with Crippen LogP contribution in [0, 0.1) is 0 Å². The van der Waals surface area contributed by atoms with Crippen LogP contribution in [0.4, 0.5) is 0 Å². The Morgan fingerprint density at radius 2 is 1.87 bits per heavy atom. The van der Waals surface area contributed by atoms with Crippen molar-refractivity contribution in [3.63, 3.8) is 0 Å². The molecule has 0 heterocycles. The zero-order valence-corrected chi connectivity index (χ0v) is 9.19. The van der Waals surface area contributed by atoms with Gasteiger partial charge in [-0.3, -0.25) is 0 Å². The van der Waals surface area contributed by atoms with Crippen molar-refractivity contribution in [3.8, 4) is 11.5 Å². The Bertz CT molecular complexity index is 311. The van der Waals surface area contributed by atoms with E-state index in [9.17, 15) is 5.11 Å². The third kappa shape index (κ3) is 2.84. The second-order valence-electron chi connectivity index (χ2n) is 2.92. The predicted molar refractivity (Wildman–Crippen MR) is 56.1 cm³/mol. The maximum Gasteiger partial charge on any atom is 0.181 e. The molecule has 1 rings (SSSR count). The molecule has 0 aliphatic rings. The van der Waals surface area contributed by atoms with Crippen molar-refractivity contribution in [3.05, 3.63) is 23.8 Å². The van der Waals surface area contributed by atoms with Crippen LogP contribution in [-0.2, 0) is 4.74 Å². The molecule has 1 aromatic carbocycles. The van der Waals surface area contributed by atoms with Crippen LogP contribution in [0.5, 0.6) is 11.5 Å². The van der Waals surface area contributed by atoms with E-state index in [0.717, 1.165) is 0 Å². The lowest BCUT2D eigenvalue weighted by Gasteiger charge is -2.13. The molecule has 0 fully saturated rings. The number of ether oxygens (including phenoxy) is 3. The van der Waals surface area contributed by atoms with Gasteiger partial charge in [-0.25, -0.2) is 0 Å². The average molecular weight is 212 g/mol. The van der Waals surface area contributed by atoms with E-state index in [2.05, 4.69) is 0 Å². The first-order valence-electron chi connectivity index (χ1n) is 4.74. The third-order valence-electron chi connectivity index (χ3n) is 2.02. The Balaban J connectivity index is 2.92. The summed E-state index contributed by atoms with van der Waals surface area (Å²) in [4.78, 5) is 0. The summed E-state index contributed by atoms with van der Waals surface area (Å²) in [6.07, 6.45) is -0.921. The quantitative estimate of drug-likeness (QED) is 0.755. The van der Waals surface area contributed by atoms with Gasteiger partial charge in [-0.05, 0) is 19.1 Å². The Kier molecular flexibility index (Phi) is 4.39. The third-order valence-corrected chi connectivity index (χ3v) is 2.02. The first-order chi connectivity index (χ1) is 7.22. The smallest absolute Gasteiger partial charge is 0.181 e. The van der Waals surface area contributed by atoms with Crippen molar-refractivity contribution in [1.82, 2.24) is 0 Å².